The lowest BCUT2D eigenvalue weighted by Gasteiger charge is -2.37. The molecule has 0 atom stereocenters. The zero-order valence-electron chi connectivity index (χ0n) is 12.1. The molecule has 1 aromatic rings. The minimum Gasteiger partial charge on any atom is -0.394 e. The first-order chi connectivity index (χ1) is 9.10. The highest BCUT2D eigenvalue weighted by Crippen LogP contribution is 2.32. The van der Waals surface area contributed by atoms with E-state index in [0.29, 0.717) is 0 Å². The van der Waals surface area contributed by atoms with Crippen LogP contribution in [0.15, 0.2) is 0 Å². The molecule has 1 fully saturated rings. The fourth-order valence-corrected chi connectivity index (χ4v) is 2.80. The van der Waals surface area contributed by atoms with E-state index in [2.05, 4.69) is 20.6 Å². The first-order valence-corrected chi connectivity index (χ1v) is 7.02. The van der Waals surface area contributed by atoms with E-state index >= 15 is 0 Å². The molecule has 1 aliphatic carbocycles. The number of anilines is 2. The molecule has 0 radical (unpaired) electrons. The molecule has 0 aliphatic heterocycles. The zero-order chi connectivity index (χ0) is 13.9. The Hall–Kier alpha value is -1.36. The van der Waals surface area contributed by atoms with Gasteiger partial charge in [-0.3, -0.25) is 0 Å². The molecule has 3 N–H and O–H groups in total. The molecule has 0 bridgehead atoms. The SMILES string of the molecule is CNc1nc(C)nc(NC2(CO)CCCCC2)c1C. The average molecular weight is 264 g/mol. The second kappa shape index (κ2) is 5.74. The molecule has 19 heavy (non-hydrogen) atoms. The van der Waals surface area contributed by atoms with Gasteiger partial charge in [-0.15, -0.1) is 0 Å². The number of nitrogens with one attached hydrogen (secondary N) is 2. The van der Waals surface area contributed by atoms with Gasteiger partial charge in [0.25, 0.3) is 0 Å². The molecule has 0 spiro atoms. The second-order valence-electron chi connectivity index (χ2n) is 5.47. The summed E-state index contributed by atoms with van der Waals surface area (Å²) in [6, 6.07) is 0. The lowest BCUT2D eigenvalue weighted by molar-refractivity contribution is 0.172. The molecule has 0 amide bonds. The van der Waals surface area contributed by atoms with Crippen molar-refractivity contribution < 1.29 is 5.11 Å². The standard InChI is InChI=1S/C14H24N4O/c1-10-12(15-3)16-11(2)17-13(10)18-14(9-19)7-5-4-6-8-14/h19H,4-9H2,1-3H3,(H2,15,16,17,18). The van der Waals surface area contributed by atoms with E-state index in [4.69, 9.17) is 0 Å². The van der Waals surface area contributed by atoms with Gasteiger partial charge < -0.3 is 15.7 Å². The van der Waals surface area contributed by atoms with Crippen LogP contribution in [-0.4, -0.2) is 34.3 Å². The third-order valence-corrected chi connectivity index (χ3v) is 3.99. The van der Waals surface area contributed by atoms with Gasteiger partial charge in [-0.25, -0.2) is 9.97 Å². The van der Waals surface area contributed by atoms with Gasteiger partial charge in [0.15, 0.2) is 0 Å². The summed E-state index contributed by atoms with van der Waals surface area (Å²) in [5.41, 5.74) is 0.793. The summed E-state index contributed by atoms with van der Waals surface area (Å²) < 4.78 is 0. The average Bonchev–Trinajstić information content (AvgIpc) is 2.43. The van der Waals surface area contributed by atoms with Crippen LogP contribution in [0.2, 0.25) is 0 Å². The molecule has 0 saturated heterocycles. The number of rotatable bonds is 4. The van der Waals surface area contributed by atoms with Crippen molar-refractivity contribution >= 4 is 11.6 Å². The first kappa shape index (κ1) is 14.1. The molecule has 1 aromatic heterocycles. The Morgan fingerprint density at radius 1 is 1.11 bits per heavy atom. The van der Waals surface area contributed by atoms with E-state index in [1.165, 1.54) is 6.42 Å². The van der Waals surface area contributed by atoms with Gasteiger partial charge in [-0.05, 0) is 26.7 Å². The molecular weight excluding hydrogens is 240 g/mol. The molecule has 0 aromatic carbocycles. The highest BCUT2D eigenvalue weighted by atomic mass is 16.3. The van der Waals surface area contributed by atoms with Crippen molar-refractivity contribution in [1.82, 2.24) is 9.97 Å². The Bertz CT molecular complexity index is 441. The number of aliphatic hydroxyl groups is 1. The Kier molecular flexibility index (Phi) is 4.24. The molecule has 5 nitrogen and oxygen atoms in total. The summed E-state index contributed by atoms with van der Waals surface area (Å²) in [7, 11) is 1.86. The fraction of sp³-hybridized carbons (Fsp3) is 0.714. The van der Waals surface area contributed by atoms with Crippen LogP contribution in [-0.2, 0) is 0 Å². The monoisotopic (exact) mass is 264 g/mol. The molecule has 1 aliphatic rings. The van der Waals surface area contributed by atoms with Crippen LogP contribution in [0.3, 0.4) is 0 Å². The maximum atomic E-state index is 9.77. The molecule has 1 heterocycles. The minimum absolute atomic E-state index is 0.157. The maximum Gasteiger partial charge on any atom is 0.135 e. The molecule has 0 unspecified atom stereocenters. The van der Waals surface area contributed by atoms with Gasteiger partial charge in [0.05, 0.1) is 12.1 Å². The predicted octanol–water partition coefficient (Wildman–Crippen LogP) is 2.24. The number of hydrogen-bond acceptors (Lipinski definition) is 5. The van der Waals surface area contributed by atoms with Gasteiger partial charge in [0.2, 0.25) is 0 Å². The van der Waals surface area contributed by atoms with Crippen molar-refractivity contribution in [2.24, 2.45) is 0 Å². The van der Waals surface area contributed by atoms with Gasteiger partial charge in [0.1, 0.15) is 17.5 Å². The van der Waals surface area contributed by atoms with Gasteiger partial charge in [-0.1, -0.05) is 19.3 Å². The van der Waals surface area contributed by atoms with E-state index < -0.39 is 0 Å². The summed E-state index contributed by atoms with van der Waals surface area (Å²) in [4.78, 5) is 8.86. The van der Waals surface area contributed by atoms with E-state index in [1.54, 1.807) is 0 Å². The van der Waals surface area contributed by atoms with E-state index in [9.17, 15) is 5.11 Å². The minimum atomic E-state index is -0.213. The topological polar surface area (TPSA) is 70.1 Å². The molecule has 5 heteroatoms. The molecule has 1 saturated carbocycles. The van der Waals surface area contributed by atoms with Gasteiger partial charge in [0, 0.05) is 12.6 Å². The largest absolute Gasteiger partial charge is 0.394 e. The van der Waals surface area contributed by atoms with E-state index in [0.717, 1.165) is 48.7 Å². The third kappa shape index (κ3) is 2.97. The Morgan fingerprint density at radius 2 is 1.74 bits per heavy atom. The summed E-state index contributed by atoms with van der Waals surface area (Å²) in [6.45, 7) is 4.05. The van der Waals surface area contributed by atoms with Crippen molar-refractivity contribution in [3.8, 4) is 0 Å². The van der Waals surface area contributed by atoms with Crippen molar-refractivity contribution in [1.29, 1.82) is 0 Å². The Labute approximate surface area is 114 Å². The lowest BCUT2D eigenvalue weighted by Crippen LogP contribution is -2.44. The predicted molar refractivity (Wildman–Crippen MR) is 77.6 cm³/mol. The van der Waals surface area contributed by atoms with Crippen LogP contribution in [0, 0.1) is 13.8 Å². The van der Waals surface area contributed by atoms with Crippen LogP contribution < -0.4 is 10.6 Å². The van der Waals surface area contributed by atoms with Crippen molar-refractivity contribution in [2.45, 2.75) is 51.5 Å². The highest BCUT2D eigenvalue weighted by Gasteiger charge is 2.32. The molecule has 106 valence electrons. The Balaban J connectivity index is 2.28. The summed E-state index contributed by atoms with van der Waals surface area (Å²) in [6.07, 6.45) is 5.58. The van der Waals surface area contributed by atoms with Crippen LogP contribution in [0.25, 0.3) is 0 Å². The van der Waals surface area contributed by atoms with Crippen LogP contribution >= 0.6 is 0 Å². The van der Waals surface area contributed by atoms with Gasteiger partial charge >= 0.3 is 0 Å². The first-order valence-electron chi connectivity index (χ1n) is 7.02. The lowest BCUT2D eigenvalue weighted by atomic mass is 9.82. The third-order valence-electron chi connectivity index (χ3n) is 3.99. The van der Waals surface area contributed by atoms with Crippen molar-refractivity contribution in [2.75, 3.05) is 24.3 Å². The number of aryl methyl sites for hydroxylation is 1. The zero-order valence-corrected chi connectivity index (χ0v) is 12.1. The van der Waals surface area contributed by atoms with Crippen LogP contribution in [0.5, 0.6) is 0 Å². The quantitative estimate of drug-likeness (QED) is 0.778. The maximum absolute atomic E-state index is 9.77. The summed E-state index contributed by atoms with van der Waals surface area (Å²) in [5.74, 6) is 2.42. The Morgan fingerprint density at radius 3 is 2.32 bits per heavy atom. The molecular formula is C14H24N4O. The van der Waals surface area contributed by atoms with Crippen LogP contribution in [0.1, 0.15) is 43.5 Å². The smallest absolute Gasteiger partial charge is 0.135 e. The number of aromatic nitrogens is 2. The fourth-order valence-electron chi connectivity index (χ4n) is 2.80. The number of hydrogen-bond donors (Lipinski definition) is 3. The van der Waals surface area contributed by atoms with Crippen LogP contribution in [0.4, 0.5) is 11.6 Å². The number of aliphatic hydroxyl groups excluding tert-OH is 1. The second-order valence-corrected chi connectivity index (χ2v) is 5.47. The molecule has 2 rings (SSSR count). The van der Waals surface area contributed by atoms with E-state index in [-0.39, 0.29) is 12.1 Å². The number of nitrogens with zero attached hydrogens (tertiary/aromatic N) is 2. The van der Waals surface area contributed by atoms with E-state index in [1.807, 2.05) is 20.9 Å². The normalized spacial score (nSPS) is 18.1. The summed E-state index contributed by atoms with van der Waals surface area (Å²) >= 11 is 0. The summed E-state index contributed by atoms with van der Waals surface area (Å²) in [5, 5.41) is 16.3. The van der Waals surface area contributed by atoms with Crippen molar-refractivity contribution in [3.63, 3.8) is 0 Å². The highest BCUT2D eigenvalue weighted by molar-refractivity contribution is 5.58. The van der Waals surface area contributed by atoms with Crippen molar-refractivity contribution in [3.05, 3.63) is 11.4 Å². The van der Waals surface area contributed by atoms with Gasteiger partial charge in [-0.2, -0.15) is 0 Å².